The number of aromatic nitrogens is 4. The van der Waals surface area contributed by atoms with E-state index in [1.54, 1.807) is 12.4 Å². The summed E-state index contributed by atoms with van der Waals surface area (Å²) in [4.78, 5) is 16.9. The first-order chi connectivity index (χ1) is 14.3. The summed E-state index contributed by atoms with van der Waals surface area (Å²) in [6, 6.07) is 11.9. The number of hydrogen-bond acceptors (Lipinski definition) is 4. The first kappa shape index (κ1) is 17.5. The van der Waals surface area contributed by atoms with Crippen molar-refractivity contribution in [2.75, 3.05) is 5.32 Å². The molecule has 4 aromatic rings. The average molecular weight is 386 g/mol. The van der Waals surface area contributed by atoms with Crippen molar-refractivity contribution in [3.63, 3.8) is 0 Å². The summed E-state index contributed by atoms with van der Waals surface area (Å²) < 4.78 is 2.02. The highest BCUT2D eigenvalue weighted by Gasteiger charge is 2.18. The van der Waals surface area contributed by atoms with E-state index < -0.39 is 0 Å². The molecule has 0 bridgehead atoms. The van der Waals surface area contributed by atoms with E-state index in [-0.39, 0.29) is 5.91 Å². The predicted octanol–water partition coefficient (Wildman–Crippen LogP) is 4.14. The second-order valence-corrected chi connectivity index (χ2v) is 7.40. The fourth-order valence-corrected chi connectivity index (χ4v) is 3.94. The van der Waals surface area contributed by atoms with Gasteiger partial charge in [0.1, 0.15) is 0 Å². The summed E-state index contributed by atoms with van der Waals surface area (Å²) in [5, 5.41) is 13.4. The Hall–Kier alpha value is -3.61. The van der Waals surface area contributed by atoms with Gasteiger partial charge in [-0.15, -0.1) is 0 Å². The first-order valence-corrected chi connectivity index (χ1v) is 9.91. The van der Waals surface area contributed by atoms with Crippen molar-refractivity contribution in [1.82, 2.24) is 24.9 Å². The van der Waals surface area contributed by atoms with Crippen LogP contribution in [-0.2, 0) is 0 Å². The monoisotopic (exact) mass is 386 g/mol. The second kappa shape index (κ2) is 7.43. The molecule has 1 fully saturated rings. The lowest BCUT2D eigenvalue weighted by Crippen LogP contribution is -2.32. The number of hydrogen-bond donors (Lipinski definition) is 3. The average Bonchev–Trinajstić information content (AvgIpc) is 3.51. The Morgan fingerprint density at radius 2 is 1.93 bits per heavy atom. The summed E-state index contributed by atoms with van der Waals surface area (Å²) >= 11 is 0. The molecule has 7 nitrogen and oxygen atoms in total. The fourth-order valence-electron chi connectivity index (χ4n) is 3.94. The number of anilines is 2. The van der Waals surface area contributed by atoms with Gasteiger partial charge in [-0.25, -0.2) is 4.98 Å². The molecular formula is C22H22N6O. The zero-order chi connectivity index (χ0) is 19.6. The lowest BCUT2D eigenvalue weighted by atomic mass is 10.1. The number of H-pyrrole nitrogens is 1. The molecule has 7 heteroatoms. The van der Waals surface area contributed by atoms with Crippen LogP contribution >= 0.6 is 0 Å². The quantitative estimate of drug-likeness (QED) is 0.481. The molecule has 1 aromatic carbocycles. The molecule has 1 aliphatic carbocycles. The van der Waals surface area contributed by atoms with Crippen LogP contribution in [0.15, 0.2) is 61.2 Å². The Morgan fingerprint density at radius 1 is 1.10 bits per heavy atom. The lowest BCUT2D eigenvalue weighted by molar-refractivity contribution is 0.0938. The minimum atomic E-state index is 0.00330. The Kier molecular flexibility index (Phi) is 4.48. The van der Waals surface area contributed by atoms with Crippen LogP contribution in [-0.4, -0.2) is 31.5 Å². The number of carbonyl (C=O) groups is 1. The number of imidazole rings is 1. The molecule has 1 aliphatic rings. The summed E-state index contributed by atoms with van der Waals surface area (Å²) in [6.45, 7) is 0. The summed E-state index contributed by atoms with van der Waals surface area (Å²) in [6.07, 6.45) is 11.9. The van der Waals surface area contributed by atoms with E-state index in [1.807, 2.05) is 53.2 Å². The zero-order valence-electron chi connectivity index (χ0n) is 15.9. The number of carbonyl (C=O) groups excluding carboxylic acids is 1. The molecule has 146 valence electrons. The highest BCUT2D eigenvalue weighted by atomic mass is 16.1. The van der Waals surface area contributed by atoms with Crippen LogP contribution in [0.4, 0.5) is 11.4 Å². The van der Waals surface area contributed by atoms with Gasteiger partial charge in [-0.05, 0) is 49.2 Å². The third kappa shape index (κ3) is 3.47. The largest absolute Gasteiger partial charge is 0.352 e. The number of amides is 1. The standard InChI is InChI=1S/C22H22N6O/c29-22(27-17-3-1-2-4-17)15-5-7-18(8-6-15)26-19-9-10-20(16-13-24-25-14-16)28-12-11-23-21(19)28/h5-14,17,26H,1-4H2,(H,24,25)(H,27,29). The smallest absolute Gasteiger partial charge is 0.251 e. The number of nitrogens with one attached hydrogen (secondary N) is 3. The van der Waals surface area contributed by atoms with E-state index in [1.165, 1.54) is 12.8 Å². The SMILES string of the molecule is O=C(NC1CCCC1)c1ccc(Nc2ccc(-c3cn[nH]c3)n3ccnc23)cc1. The third-order valence-electron chi connectivity index (χ3n) is 5.46. The predicted molar refractivity (Wildman–Crippen MR) is 112 cm³/mol. The zero-order valence-corrected chi connectivity index (χ0v) is 15.9. The molecule has 0 saturated heterocycles. The van der Waals surface area contributed by atoms with Gasteiger partial charge in [0.25, 0.3) is 5.91 Å². The van der Waals surface area contributed by atoms with Crippen LogP contribution in [0.25, 0.3) is 16.9 Å². The molecule has 0 atom stereocenters. The van der Waals surface area contributed by atoms with E-state index in [9.17, 15) is 4.79 Å². The number of nitrogens with zero attached hydrogens (tertiary/aromatic N) is 3. The van der Waals surface area contributed by atoms with Crippen LogP contribution in [0.3, 0.4) is 0 Å². The van der Waals surface area contributed by atoms with E-state index in [0.29, 0.717) is 11.6 Å². The normalized spacial score (nSPS) is 14.3. The number of fused-ring (bicyclic) bond motifs is 1. The molecule has 5 rings (SSSR count). The van der Waals surface area contributed by atoms with Gasteiger partial charge >= 0.3 is 0 Å². The molecule has 0 radical (unpaired) electrons. The molecule has 0 aliphatic heterocycles. The van der Waals surface area contributed by atoms with E-state index >= 15 is 0 Å². The van der Waals surface area contributed by atoms with Crippen LogP contribution in [0.5, 0.6) is 0 Å². The second-order valence-electron chi connectivity index (χ2n) is 7.40. The Balaban J connectivity index is 1.35. The number of rotatable bonds is 5. The highest BCUT2D eigenvalue weighted by Crippen LogP contribution is 2.27. The molecule has 3 heterocycles. The van der Waals surface area contributed by atoms with Crippen LogP contribution in [0.1, 0.15) is 36.0 Å². The van der Waals surface area contributed by atoms with Crippen molar-refractivity contribution >= 4 is 22.9 Å². The molecule has 1 amide bonds. The van der Waals surface area contributed by atoms with Gasteiger partial charge in [-0.1, -0.05) is 12.8 Å². The lowest BCUT2D eigenvalue weighted by Gasteiger charge is -2.13. The molecule has 0 unspecified atom stereocenters. The van der Waals surface area contributed by atoms with E-state index in [0.717, 1.165) is 41.1 Å². The van der Waals surface area contributed by atoms with Crippen molar-refractivity contribution in [1.29, 1.82) is 0 Å². The maximum absolute atomic E-state index is 12.4. The van der Waals surface area contributed by atoms with Crippen molar-refractivity contribution in [3.8, 4) is 11.3 Å². The number of aromatic amines is 1. The summed E-state index contributed by atoms with van der Waals surface area (Å²) in [7, 11) is 0. The Bertz CT molecular complexity index is 1120. The molecule has 1 saturated carbocycles. The van der Waals surface area contributed by atoms with Crippen molar-refractivity contribution in [2.45, 2.75) is 31.7 Å². The van der Waals surface area contributed by atoms with Gasteiger partial charge in [-0.2, -0.15) is 5.10 Å². The minimum absolute atomic E-state index is 0.00330. The van der Waals surface area contributed by atoms with Crippen LogP contribution in [0, 0.1) is 0 Å². The van der Waals surface area contributed by atoms with E-state index in [2.05, 4.69) is 25.8 Å². The Morgan fingerprint density at radius 3 is 2.69 bits per heavy atom. The summed E-state index contributed by atoms with van der Waals surface area (Å²) in [5.74, 6) is 0.00330. The number of pyridine rings is 1. The van der Waals surface area contributed by atoms with Crippen molar-refractivity contribution in [3.05, 3.63) is 66.7 Å². The molecule has 0 spiro atoms. The van der Waals surface area contributed by atoms with Crippen molar-refractivity contribution in [2.24, 2.45) is 0 Å². The van der Waals surface area contributed by atoms with Gasteiger partial charge in [0.2, 0.25) is 0 Å². The van der Waals surface area contributed by atoms with Gasteiger partial charge in [0, 0.05) is 41.4 Å². The molecular weight excluding hydrogens is 364 g/mol. The first-order valence-electron chi connectivity index (χ1n) is 9.91. The summed E-state index contributed by atoms with van der Waals surface area (Å²) in [5.41, 5.74) is 5.32. The molecule has 3 N–H and O–H groups in total. The van der Waals surface area contributed by atoms with Gasteiger partial charge in [0.15, 0.2) is 5.65 Å². The molecule has 3 aromatic heterocycles. The van der Waals surface area contributed by atoms with Gasteiger partial charge in [0.05, 0.1) is 17.6 Å². The third-order valence-corrected chi connectivity index (χ3v) is 5.46. The van der Waals surface area contributed by atoms with Gasteiger partial charge in [-0.3, -0.25) is 14.3 Å². The van der Waals surface area contributed by atoms with Crippen LogP contribution in [0.2, 0.25) is 0 Å². The Labute approximate surface area is 168 Å². The topological polar surface area (TPSA) is 87.1 Å². The fraction of sp³-hybridized carbons (Fsp3) is 0.227. The van der Waals surface area contributed by atoms with Crippen molar-refractivity contribution < 1.29 is 4.79 Å². The number of benzene rings is 1. The van der Waals surface area contributed by atoms with Crippen LogP contribution < -0.4 is 10.6 Å². The maximum atomic E-state index is 12.4. The van der Waals surface area contributed by atoms with Gasteiger partial charge < -0.3 is 10.6 Å². The molecule has 29 heavy (non-hydrogen) atoms. The highest BCUT2D eigenvalue weighted by molar-refractivity contribution is 5.95. The minimum Gasteiger partial charge on any atom is -0.352 e. The maximum Gasteiger partial charge on any atom is 0.251 e. The van der Waals surface area contributed by atoms with E-state index in [4.69, 9.17) is 0 Å².